The second-order valence-corrected chi connectivity index (χ2v) is 4.87. The van der Waals surface area contributed by atoms with E-state index in [1.54, 1.807) is 18.3 Å². The normalized spacial score (nSPS) is 11.9. The Bertz CT molecular complexity index is 557. The molecule has 2 rings (SSSR count). The molecule has 0 bridgehead atoms. The average molecular weight is 319 g/mol. The van der Waals surface area contributed by atoms with Crippen LogP contribution < -0.4 is 5.32 Å². The molecular weight excluding hydrogens is 304 g/mol. The van der Waals surface area contributed by atoms with E-state index in [1.807, 2.05) is 37.3 Å². The fraction of sp³-hybridized carbons (Fsp3) is 0.200. The van der Waals surface area contributed by atoms with Gasteiger partial charge in [-0.2, -0.15) is 0 Å². The minimum atomic E-state index is -0.0982. The molecule has 3 nitrogen and oxygen atoms in total. The third-order valence-corrected chi connectivity index (χ3v) is 3.56. The molecule has 0 saturated carbocycles. The molecule has 2 aromatic rings. The van der Waals surface area contributed by atoms with Crippen LogP contribution in [0.15, 0.2) is 48.7 Å². The Morgan fingerprint density at radius 3 is 2.63 bits per heavy atom. The Morgan fingerprint density at radius 1 is 1.26 bits per heavy atom. The van der Waals surface area contributed by atoms with Crippen molar-refractivity contribution in [3.05, 3.63) is 65.5 Å². The van der Waals surface area contributed by atoms with E-state index in [4.69, 9.17) is 0 Å². The lowest BCUT2D eigenvalue weighted by Crippen LogP contribution is -2.30. The monoisotopic (exact) mass is 318 g/mol. The Hall–Kier alpha value is -1.68. The van der Waals surface area contributed by atoms with Crippen molar-refractivity contribution in [3.63, 3.8) is 0 Å². The van der Waals surface area contributed by atoms with E-state index in [-0.39, 0.29) is 11.9 Å². The summed E-state index contributed by atoms with van der Waals surface area (Å²) in [5.41, 5.74) is 2.43. The van der Waals surface area contributed by atoms with Crippen LogP contribution in [0, 0.1) is 6.92 Å². The van der Waals surface area contributed by atoms with E-state index in [0.29, 0.717) is 10.9 Å². The van der Waals surface area contributed by atoms with Gasteiger partial charge in [-0.15, -0.1) is 0 Å². The number of carbonyl (C=O) groups is 1. The molecule has 4 heteroatoms. The van der Waals surface area contributed by atoms with Gasteiger partial charge in [0.1, 0.15) is 0 Å². The summed E-state index contributed by atoms with van der Waals surface area (Å²) >= 11 is 3.44. The summed E-state index contributed by atoms with van der Waals surface area (Å²) in [7, 11) is 0. The highest BCUT2D eigenvalue weighted by Crippen LogP contribution is 2.16. The molecule has 0 fully saturated rings. The summed E-state index contributed by atoms with van der Waals surface area (Å²) in [6.45, 7) is 1.83. The Labute approximate surface area is 121 Å². The quantitative estimate of drug-likeness (QED) is 0.879. The van der Waals surface area contributed by atoms with Gasteiger partial charge in [0, 0.05) is 17.2 Å². The van der Waals surface area contributed by atoms with Crippen LogP contribution in [-0.4, -0.2) is 16.2 Å². The second-order valence-electron chi connectivity index (χ2n) is 4.23. The molecule has 1 unspecified atom stereocenters. The number of hydrogen-bond donors (Lipinski definition) is 1. The molecule has 1 heterocycles. The fourth-order valence-corrected chi connectivity index (χ4v) is 2.39. The Morgan fingerprint density at radius 2 is 2.00 bits per heavy atom. The molecule has 1 aromatic carbocycles. The topological polar surface area (TPSA) is 42.0 Å². The minimum absolute atomic E-state index is 0.0479. The molecule has 1 aromatic heterocycles. The molecule has 0 aliphatic rings. The molecule has 98 valence electrons. The van der Waals surface area contributed by atoms with Gasteiger partial charge in [0.25, 0.3) is 5.91 Å². The van der Waals surface area contributed by atoms with Crippen molar-refractivity contribution in [2.24, 2.45) is 0 Å². The molecule has 1 atom stereocenters. The molecule has 0 aliphatic carbocycles. The van der Waals surface area contributed by atoms with Gasteiger partial charge in [-0.25, -0.2) is 0 Å². The van der Waals surface area contributed by atoms with Crippen molar-refractivity contribution >= 4 is 21.8 Å². The van der Waals surface area contributed by atoms with Gasteiger partial charge in [0.2, 0.25) is 0 Å². The lowest BCUT2D eigenvalue weighted by molar-refractivity contribution is 0.0939. The number of benzene rings is 1. The zero-order valence-corrected chi connectivity index (χ0v) is 12.2. The molecule has 0 saturated heterocycles. The number of aromatic nitrogens is 1. The number of rotatable bonds is 4. The van der Waals surface area contributed by atoms with E-state index in [2.05, 4.69) is 26.2 Å². The molecule has 19 heavy (non-hydrogen) atoms. The van der Waals surface area contributed by atoms with Crippen molar-refractivity contribution in [2.45, 2.75) is 13.0 Å². The van der Waals surface area contributed by atoms with Crippen LogP contribution in [0.2, 0.25) is 0 Å². The number of halogens is 1. The first-order valence-electron chi connectivity index (χ1n) is 6.05. The average Bonchev–Trinajstić information content (AvgIpc) is 2.46. The maximum Gasteiger partial charge on any atom is 0.253 e. The van der Waals surface area contributed by atoms with Gasteiger partial charge in [-0.05, 0) is 24.6 Å². The minimum Gasteiger partial charge on any atom is -0.344 e. The predicted molar refractivity (Wildman–Crippen MR) is 79.4 cm³/mol. The van der Waals surface area contributed by atoms with Crippen LogP contribution in [0.3, 0.4) is 0 Å². The van der Waals surface area contributed by atoms with Crippen LogP contribution in [-0.2, 0) is 0 Å². The SMILES string of the molecule is Cc1ncccc1C(=O)NC(CBr)c1ccccc1. The Balaban J connectivity index is 2.16. The lowest BCUT2D eigenvalue weighted by Gasteiger charge is -2.17. The lowest BCUT2D eigenvalue weighted by atomic mass is 10.1. The van der Waals surface area contributed by atoms with Crippen LogP contribution in [0.25, 0.3) is 0 Å². The second kappa shape index (κ2) is 6.48. The van der Waals surface area contributed by atoms with Gasteiger partial charge in [0.05, 0.1) is 11.6 Å². The van der Waals surface area contributed by atoms with Crippen molar-refractivity contribution in [1.82, 2.24) is 10.3 Å². The number of nitrogens with zero attached hydrogens (tertiary/aromatic N) is 1. The summed E-state index contributed by atoms with van der Waals surface area (Å²) in [5.74, 6) is -0.0982. The maximum absolute atomic E-state index is 12.2. The van der Waals surface area contributed by atoms with E-state index in [1.165, 1.54) is 0 Å². The summed E-state index contributed by atoms with van der Waals surface area (Å²) < 4.78 is 0. The highest BCUT2D eigenvalue weighted by molar-refractivity contribution is 9.09. The van der Waals surface area contributed by atoms with Crippen molar-refractivity contribution < 1.29 is 4.79 Å². The number of pyridine rings is 1. The number of carbonyl (C=O) groups excluding carboxylic acids is 1. The van der Waals surface area contributed by atoms with E-state index in [9.17, 15) is 4.79 Å². The number of aryl methyl sites for hydroxylation is 1. The highest BCUT2D eigenvalue weighted by Gasteiger charge is 2.15. The van der Waals surface area contributed by atoms with Gasteiger partial charge >= 0.3 is 0 Å². The van der Waals surface area contributed by atoms with Gasteiger partial charge < -0.3 is 5.32 Å². The fourth-order valence-electron chi connectivity index (χ4n) is 1.86. The van der Waals surface area contributed by atoms with Gasteiger partial charge in [-0.3, -0.25) is 9.78 Å². The smallest absolute Gasteiger partial charge is 0.253 e. The largest absolute Gasteiger partial charge is 0.344 e. The molecule has 1 N–H and O–H groups in total. The van der Waals surface area contributed by atoms with Gasteiger partial charge in [0.15, 0.2) is 0 Å². The third kappa shape index (κ3) is 3.41. The first-order valence-corrected chi connectivity index (χ1v) is 7.18. The molecule has 0 radical (unpaired) electrons. The number of hydrogen-bond acceptors (Lipinski definition) is 2. The Kier molecular flexibility index (Phi) is 4.68. The summed E-state index contributed by atoms with van der Waals surface area (Å²) in [4.78, 5) is 16.4. The van der Waals surface area contributed by atoms with Crippen LogP contribution in [0.1, 0.15) is 27.7 Å². The third-order valence-electron chi connectivity index (χ3n) is 2.91. The number of alkyl halides is 1. The molecule has 0 aliphatic heterocycles. The summed E-state index contributed by atoms with van der Waals surface area (Å²) in [6, 6.07) is 13.4. The zero-order valence-electron chi connectivity index (χ0n) is 10.6. The van der Waals surface area contributed by atoms with Gasteiger partial charge in [-0.1, -0.05) is 46.3 Å². The van der Waals surface area contributed by atoms with Crippen molar-refractivity contribution in [3.8, 4) is 0 Å². The van der Waals surface area contributed by atoms with Crippen molar-refractivity contribution in [1.29, 1.82) is 0 Å². The zero-order chi connectivity index (χ0) is 13.7. The van der Waals surface area contributed by atoms with Crippen molar-refractivity contribution in [2.75, 3.05) is 5.33 Å². The van der Waals surface area contributed by atoms with E-state index >= 15 is 0 Å². The predicted octanol–water partition coefficient (Wildman–Crippen LogP) is 3.26. The number of nitrogens with one attached hydrogen (secondary N) is 1. The first kappa shape index (κ1) is 13.7. The summed E-state index contributed by atoms with van der Waals surface area (Å²) in [6.07, 6.45) is 1.69. The molecule has 1 amide bonds. The van der Waals surface area contributed by atoms with E-state index < -0.39 is 0 Å². The maximum atomic E-state index is 12.2. The van der Waals surface area contributed by atoms with Crippen LogP contribution >= 0.6 is 15.9 Å². The summed E-state index contributed by atoms with van der Waals surface area (Å²) in [5, 5.41) is 3.68. The standard InChI is InChI=1S/C15H15BrN2O/c1-11-13(8-5-9-17-11)15(19)18-14(10-16)12-6-3-2-4-7-12/h2-9,14H,10H2,1H3,(H,18,19). The molecule has 0 spiro atoms. The van der Waals surface area contributed by atoms with Crippen LogP contribution in [0.4, 0.5) is 0 Å². The molecular formula is C15H15BrN2O. The van der Waals surface area contributed by atoms with E-state index in [0.717, 1.165) is 11.3 Å². The number of amides is 1. The highest BCUT2D eigenvalue weighted by atomic mass is 79.9. The van der Waals surface area contributed by atoms with Crippen LogP contribution in [0.5, 0.6) is 0 Å². The first-order chi connectivity index (χ1) is 9.22.